The van der Waals surface area contributed by atoms with Crippen molar-refractivity contribution in [3.63, 3.8) is 0 Å². The summed E-state index contributed by atoms with van der Waals surface area (Å²) in [5.41, 5.74) is -0.675. The van der Waals surface area contributed by atoms with E-state index in [9.17, 15) is 9.18 Å². The first-order chi connectivity index (χ1) is 9.68. The van der Waals surface area contributed by atoms with Crippen molar-refractivity contribution in [1.29, 1.82) is 0 Å². The van der Waals surface area contributed by atoms with Gasteiger partial charge in [0.05, 0.1) is 23.8 Å². The molecule has 6 heteroatoms. The number of fused-ring (bicyclic) bond motifs is 1. The summed E-state index contributed by atoms with van der Waals surface area (Å²) in [6.45, 7) is 0.917. The zero-order valence-corrected chi connectivity index (χ0v) is 11.5. The normalized spacial score (nSPS) is 19.5. The lowest BCUT2D eigenvalue weighted by Crippen LogP contribution is -2.33. The maximum absolute atomic E-state index is 14.5. The third-order valence-corrected chi connectivity index (χ3v) is 4.11. The number of carbonyl (C=O) groups excluding carboxylic acids is 1. The Morgan fingerprint density at radius 1 is 1.30 bits per heavy atom. The quantitative estimate of drug-likeness (QED) is 0.621. The van der Waals surface area contributed by atoms with Crippen molar-refractivity contribution in [2.45, 2.75) is 31.2 Å². The molecular formula is C14H13ClFNO3. The maximum Gasteiger partial charge on any atom is 0.235 e. The zero-order chi connectivity index (χ0) is 14.2. The Labute approximate surface area is 120 Å². The minimum Gasteiger partial charge on any atom is -0.489 e. The molecule has 1 aromatic rings. The van der Waals surface area contributed by atoms with Gasteiger partial charge in [0.2, 0.25) is 6.08 Å². The number of rotatable bonds is 2. The smallest absolute Gasteiger partial charge is 0.235 e. The second-order valence-corrected chi connectivity index (χ2v) is 5.42. The molecule has 0 N–H and O–H groups in total. The third kappa shape index (κ3) is 1.98. The van der Waals surface area contributed by atoms with Crippen LogP contribution in [0.5, 0.6) is 11.5 Å². The second-order valence-electron chi connectivity index (χ2n) is 5.01. The molecule has 0 radical (unpaired) electrons. The van der Waals surface area contributed by atoms with Crippen molar-refractivity contribution in [2.24, 2.45) is 4.99 Å². The molecule has 3 rings (SSSR count). The van der Waals surface area contributed by atoms with Crippen LogP contribution in [0.3, 0.4) is 0 Å². The Balaban J connectivity index is 2.23. The van der Waals surface area contributed by atoms with Crippen molar-refractivity contribution in [3.05, 3.63) is 22.5 Å². The molecule has 0 bridgehead atoms. The van der Waals surface area contributed by atoms with Gasteiger partial charge in [-0.15, -0.1) is 0 Å². The molecule has 1 saturated carbocycles. The Morgan fingerprint density at radius 2 is 2.05 bits per heavy atom. The van der Waals surface area contributed by atoms with Crippen molar-refractivity contribution in [1.82, 2.24) is 0 Å². The first-order valence-electron chi connectivity index (χ1n) is 6.55. The van der Waals surface area contributed by atoms with Gasteiger partial charge in [-0.1, -0.05) is 11.6 Å². The SMILES string of the molecule is O=C=NC1(c2c(F)c(Cl)cc3c2OCCCO3)CCC1. The first kappa shape index (κ1) is 13.4. The number of aliphatic imine (C=N–C) groups is 1. The molecule has 20 heavy (non-hydrogen) atoms. The van der Waals surface area contributed by atoms with E-state index in [1.807, 2.05) is 0 Å². The molecular weight excluding hydrogens is 285 g/mol. The minimum absolute atomic E-state index is 0.0448. The van der Waals surface area contributed by atoms with Crippen molar-refractivity contribution in [2.75, 3.05) is 13.2 Å². The van der Waals surface area contributed by atoms with Gasteiger partial charge in [0.15, 0.2) is 17.3 Å². The summed E-state index contributed by atoms with van der Waals surface area (Å²) in [7, 11) is 0. The number of benzene rings is 1. The first-order valence-corrected chi connectivity index (χ1v) is 6.93. The Kier molecular flexibility index (Phi) is 3.40. The van der Waals surface area contributed by atoms with E-state index in [1.165, 1.54) is 6.07 Å². The van der Waals surface area contributed by atoms with Crippen LogP contribution in [0.15, 0.2) is 11.1 Å². The highest BCUT2D eigenvalue weighted by molar-refractivity contribution is 6.31. The van der Waals surface area contributed by atoms with Crippen LogP contribution in [0.2, 0.25) is 5.02 Å². The van der Waals surface area contributed by atoms with E-state index in [0.29, 0.717) is 44.0 Å². The van der Waals surface area contributed by atoms with E-state index in [2.05, 4.69) is 4.99 Å². The van der Waals surface area contributed by atoms with Gasteiger partial charge in [-0.3, -0.25) is 0 Å². The molecule has 1 fully saturated rings. The van der Waals surface area contributed by atoms with Crippen molar-refractivity contribution >= 4 is 17.7 Å². The third-order valence-electron chi connectivity index (χ3n) is 3.84. The minimum atomic E-state index is -0.908. The van der Waals surface area contributed by atoms with Crippen LogP contribution >= 0.6 is 11.6 Å². The highest BCUT2D eigenvalue weighted by atomic mass is 35.5. The van der Waals surface area contributed by atoms with Gasteiger partial charge >= 0.3 is 0 Å². The van der Waals surface area contributed by atoms with Gasteiger partial charge in [0, 0.05) is 12.5 Å². The van der Waals surface area contributed by atoms with E-state index in [0.717, 1.165) is 6.42 Å². The van der Waals surface area contributed by atoms with E-state index < -0.39 is 11.4 Å². The predicted molar refractivity (Wildman–Crippen MR) is 70.7 cm³/mol. The van der Waals surface area contributed by atoms with Crippen LogP contribution in [0, 0.1) is 5.82 Å². The summed E-state index contributed by atoms with van der Waals surface area (Å²) in [5, 5.41) is -0.0448. The number of ether oxygens (including phenoxy) is 2. The number of hydrogen-bond acceptors (Lipinski definition) is 4. The second kappa shape index (κ2) is 5.08. The van der Waals surface area contributed by atoms with Crippen LogP contribution in [0.4, 0.5) is 4.39 Å². The lowest BCUT2D eigenvalue weighted by Gasteiger charge is -2.38. The van der Waals surface area contributed by atoms with Gasteiger partial charge in [-0.05, 0) is 19.3 Å². The van der Waals surface area contributed by atoms with Crippen molar-refractivity contribution < 1.29 is 18.7 Å². The fraction of sp³-hybridized carbons (Fsp3) is 0.500. The maximum atomic E-state index is 14.5. The average Bonchev–Trinajstić information content (AvgIpc) is 2.61. The molecule has 0 aromatic heterocycles. The highest BCUT2D eigenvalue weighted by Gasteiger charge is 2.45. The van der Waals surface area contributed by atoms with E-state index in [-0.39, 0.29) is 10.6 Å². The van der Waals surface area contributed by atoms with Crippen molar-refractivity contribution in [3.8, 4) is 11.5 Å². The molecule has 1 heterocycles. The predicted octanol–water partition coefficient (Wildman–Crippen LogP) is 3.36. The summed E-state index contributed by atoms with van der Waals surface area (Å²) in [6.07, 6.45) is 4.28. The van der Waals surface area contributed by atoms with Gasteiger partial charge in [-0.2, -0.15) is 4.99 Å². The molecule has 4 nitrogen and oxygen atoms in total. The van der Waals surface area contributed by atoms with E-state index in [4.69, 9.17) is 21.1 Å². The molecule has 0 amide bonds. The fourth-order valence-electron chi connectivity index (χ4n) is 2.68. The molecule has 1 aliphatic carbocycles. The van der Waals surface area contributed by atoms with E-state index in [1.54, 1.807) is 6.08 Å². The molecule has 0 saturated heterocycles. The summed E-state index contributed by atoms with van der Waals surface area (Å²) in [4.78, 5) is 14.5. The lowest BCUT2D eigenvalue weighted by atomic mass is 9.71. The number of isocyanates is 1. The van der Waals surface area contributed by atoms with Crippen LogP contribution in [0.1, 0.15) is 31.2 Å². The molecule has 106 valence electrons. The van der Waals surface area contributed by atoms with Crippen LogP contribution in [0.25, 0.3) is 0 Å². The van der Waals surface area contributed by atoms with Gasteiger partial charge < -0.3 is 9.47 Å². The molecule has 1 aliphatic heterocycles. The molecule has 1 aromatic carbocycles. The molecule has 0 atom stereocenters. The Bertz CT molecular complexity index is 595. The summed E-state index contributed by atoms with van der Waals surface area (Å²) < 4.78 is 25.7. The average molecular weight is 298 g/mol. The molecule has 0 spiro atoms. The van der Waals surface area contributed by atoms with E-state index >= 15 is 0 Å². The summed E-state index contributed by atoms with van der Waals surface area (Å²) in [6, 6.07) is 1.41. The Hall–Kier alpha value is -1.58. The summed E-state index contributed by atoms with van der Waals surface area (Å²) in [5.74, 6) is 0.147. The fourth-order valence-corrected chi connectivity index (χ4v) is 2.88. The van der Waals surface area contributed by atoms with Crippen LogP contribution in [-0.4, -0.2) is 19.3 Å². The highest BCUT2D eigenvalue weighted by Crippen LogP contribution is 2.53. The van der Waals surface area contributed by atoms with Gasteiger partial charge in [-0.25, -0.2) is 9.18 Å². The number of halogens is 2. The number of nitrogens with zero attached hydrogens (tertiary/aromatic N) is 1. The summed E-state index contributed by atoms with van der Waals surface area (Å²) >= 11 is 5.94. The zero-order valence-electron chi connectivity index (χ0n) is 10.7. The molecule has 2 aliphatic rings. The van der Waals surface area contributed by atoms with Gasteiger partial charge in [0.1, 0.15) is 5.54 Å². The number of hydrogen-bond donors (Lipinski definition) is 0. The molecule has 0 unspecified atom stereocenters. The largest absolute Gasteiger partial charge is 0.489 e. The lowest BCUT2D eigenvalue weighted by molar-refractivity contribution is 0.230. The standard InChI is InChI=1S/C14H13ClFNO3/c15-9-7-10-13(20-6-2-5-19-10)11(12(9)16)14(17-8-18)3-1-4-14/h7H,1-6H2. The van der Waals surface area contributed by atoms with Gasteiger partial charge in [0.25, 0.3) is 0 Å². The van der Waals surface area contributed by atoms with Crippen LogP contribution in [-0.2, 0) is 10.3 Å². The Morgan fingerprint density at radius 3 is 2.70 bits per heavy atom. The monoisotopic (exact) mass is 297 g/mol. The van der Waals surface area contributed by atoms with Crippen LogP contribution < -0.4 is 9.47 Å². The topological polar surface area (TPSA) is 47.9 Å².